The van der Waals surface area contributed by atoms with Gasteiger partial charge in [0.25, 0.3) is 5.91 Å². The SMILES string of the molecule is Cc1cc(C(=O)NC2CCCNC2=O)ccc1-c1ccc(CC(NC(=O)C2CCC(CNC(=O)OC(C)(C)C)CC2)C(=O)Nc2ccc(-c3n[nH]c(C(F)(F)C(F)(F)C(F)(F)F)n3)cc2)cc1. The van der Waals surface area contributed by atoms with E-state index >= 15 is 0 Å². The van der Waals surface area contributed by atoms with Crippen molar-refractivity contribution in [3.05, 3.63) is 89.2 Å². The minimum atomic E-state index is -6.57. The lowest BCUT2D eigenvalue weighted by Crippen LogP contribution is -2.50. The van der Waals surface area contributed by atoms with E-state index < -0.39 is 65.3 Å². The van der Waals surface area contributed by atoms with Gasteiger partial charge in [0.15, 0.2) is 5.82 Å². The first kappa shape index (κ1) is 49.9. The molecule has 4 aromatic rings. The molecule has 1 aliphatic carbocycles. The molecule has 67 heavy (non-hydrogen) atoms. The number of aromatic amines is 1. The molecule has 0 radical (unpaired) electrons. The summed E-state index contributed by atoms with van der Waals surface area (Å²) in [5.74, 6) is -16.7. The Morgan fingerprint density at radius 2 is 1.51 bits per heavy atom. The zero-order valence-electron chi connectivity index (χ0n) is 37.0. The lowest BCUT2D eigenvalue weighted by molar-refractivity contribution is -0.361. The minimum Gasteiger partial charge on any atom is -0.444 e. The van der Waals surface area contributed by atoms with Crippen LogP contribution in [0.3, 0.4) is 0 Å². The second-order valence-electron chi connectivity index (χ2n) is 17.8. The number of piperidine rings is 1. The summed E-state index contributed by atoms with van der Waals surface area (Å²) in [6.07, 6.45) is -3.50. The number of ether oxygens (including phenoxy) is 1. The standard InChI is InChI=1S/C46H51F7N8O6/c1-25-22-31(38(63)57-34-6-5-21-54-39(34)64)17-20-33(25)28-11-7-26(8-12-28)23-35(58-37(62)30-13-9-27(10-14-30)24-55-42(66)67-43(2,3)4)40(65)56-32-18-15-29(16-19-32)36-59-41(61-60-36)44(47,48)45(49,50)46(51,52)53/h7-8,11-12,15-20,22,27,30,34-35H,5-6,9-10,13-14,21,23-24H2,1-4H3,(H,54,64)(H,55,66)(H,56,65)(H,57,63)(H,58,62)(H,59,60,61). The summed E-state index contributed by atoms with van der Waals surface area (Å²) < 4.78 is 99.2. The summed E-state index contributed by atoms with van der Waals surface area (Å²) in [5, 5.41) is 18.7. The monoisotopic (exact) mass is 944 g/mol. The number of carbonyl (C=O) groups is 5. The molecule has 6 rings (SSSR count). The number of nitrogens with one attached hydrogen (secondary N) is 6. The van der Waals surface area contributed by atoms with Gasteiger partial charge in [-0.1, -0.05) is 30.3 Å². The van der Waals surface area contributed by atoms with Gasteiger partial charge in [0.05, 0.1) is 0 Å². The number of aryl methyl sites for hydroxylation is 1. The second kappa shape index (κ2) is 20.1. The van der Waals surface area contributed by atoms with Gasteiger partial charge in [-0.05, 0) is 131 Å². The number of rotatable bonds is 14. The third kappa shape index (κ3) is 12.3. The van der Waals surface area contributed by atoms with Crippen LogP contribution in [-0.2, 0) is 31.5 Å². The van der Waals surface area contributed by atoms with Crippen LogP contribution in [0.5, 0.6) is 0 Å². The highest BCUT2D eigenvalue weighted by atomic mass is 19.4. The third-order valence-corrected chi connectivity index (χ3v) is 11.5. The molecule has 2 unspecified atom stereocenters. The number of anilines is 1. The maximum Gasteiger partial charge on any atom is 0.460 e. The maximum absolute atomic E-state index is 14.2. The molecule has 2 fully saturated rings. The second-order valence-corrected chi connectivity index (χ2v) is 17.8. The Labute approximate surface area is 381 Å². The molecule has 1 saturated heterocycles. The number of hydrogen-bond donors (Lipinski definition) is 6. The fraction of sp³-hybridized carbons (Fsp3) is 0.457. The number of H-pyrrole nitrogens is 1. The molecule has 2 aliphatic rings. The summed E-state index contributed by atoms with van der Waals surface area (Å²) >= 11 is 0. The topological polar surface area (TPSA) is 196 Å². The van der Waals surface area contributed by atoms with E-state index in [9.17, 15) is 54.7 Å². The predicted octanol–water partition coefficient (Wildman–Crippen LogP) is 7.74. The number of alkyl carbamates (subject to hydrolysis) is 1. The number of carbonyl (C=O) groups excluding carboxylic acids is 5. The number of nitrogens with zero attached hydrogens (tertiary/aromatic N) is 2. The fourth-order valence-electron chi connectivity index (χ4n) is 7.80. The van der Waals surface area contributed by atoms with Gasteiger partial charge in [-0.25, -0.2) is 9.78 Å². The number of halogens is 7. The van der Waals surface area contributed by atoms with Crippen LogP contribution >= 0.6 is 0 Å². The van der Waals surface area contributed by atoms with Crippen molar-refractivity contribution in [3.63, 3.8) is 0 Å². The maximum atomic E-state index is 14.2. The van der Waals surface area contributed by atoms with Crippen molar-refractivity contribution in [1.82, 2.24) is 36.4 Å². The lowest BCUT2D eigenvalue weighted by atomic mass is 9.81. The van der Waals surface area contributed by atoms with Crippen LogP contribution in [0.1, 0.15) is 86.6 Å². The highest BCUT2D eigenvalue weighted by molar-refractivity contribution is 5.99. The lowest BCUT2D eigenvalue weighted by Gasteiger charge is -2.29. The van der Waals surface area contributed by atoms with Gasteiger partial charge in [0, 0.05) is 42.2 Å². The molecule has 21 heteroatoms. The quantitative estimate of drug-likeness (QED) is 0.0691. The molecule has 14 nitrogen and oxygen atoms in total. The summed E-state index contributed by atoms with van der Waals surface area (Å²) in [6, 6.07) is 15.8. The molecule has 1 aliphatic heterocycles. The summed E-state index contributed by atoms with van der Waals surface area (Å²) in [6.45, 7) is 8.07. The average Bonchev–Trinajstić information content (AvgIpc) is 3.77. The van der Waals surface area contributed by atoms with Gasteiger partial charge in [-0.15, -0.1) is 0 Å². The Hall–Kier alpha value is -6.54. The molecule has 3 aromatic carbocycles. The minimum absolute atomic E-state index is 0.0364. The summed E-state index contributed by atoms with van der Waals surface area (Å²) in [7, 11) is 0. The Bertz CT molecular complexity index is 2430. The van der Waals surface area contributed by atoms with E-state index in [-0.39, 0.29) is 41.3 Å². The zero-order chi connectivity index (χ0) is 48.9. The molecule has 2 atom stereocenters. The normalized spacial score (nSPS) is 18.6. The highest BCUT2D eigenvalue weighted by Gasteiger charge is 2.75. The first-order chi connectivity index (χ1) is 31.4. The van der Waals surface area contributed by atoms with Gasteiger partial charge in [0.2, 0.25) is 23.5 Å². The van der Waals surface area contributed by atoms with Crippen LogP contribution in [0, 0.1) is 18.8 Å². The van der Waals surface area contributed by atoms with Gasteiger partial charge in [0.1, 0.15) is 17.7 Å². The molecule has 1 aromatic heterocycles. The third-order valence-electron chi connectivity index (χ3n) is 11.5. The van der Waals surface area contributed by atoms with Crippen molar-refractivity contribution in [2.45, 2.75) is 108 Å². The van der Waals surface area contributed by atoms with Crippen LogP contribution in [0.25, 0.3) is 22.5 Å². The van der Waals surface area contributed by atoms with Crippen molar-refractivity contribution in [2.75, 3.05) is 18.4 Å². The number of amides is 5. The van der Waals surface area contributed by atoms with Crippen LogP contribution in [0.4, 0.5) is 41.2 Å². The molecular formula is C46H51F7N8O6. The van der Waals surface area contributed by atoms with Crippen molar-refractivity contribution in [2.24, 2.45) is 11.8 Å². The zero-order valence-corrected chi connectivity index (χ0v) is 37.0. The average molecular weight is 945 g/mol. The fourth-order valence-corrected chi connectivity index (χ4v) is 7.80. The number of hydrogen-bond acceptors (Lipinski definition) is 8. The van der Waals surface area contributed by atoms with E-state index in [1.807, 2.05) is 19.1 Å². The molecule has 0 bridgehead atoms. The van der Waals surface area contributed by atoms with E-state index in [0.29, 0.717) is 56.3 Å². The van der Waals surface area contributed by atoms with Gasteiger partial charge >= 0.3 is 24.1 Å². The Balaban J connectivity index is 1.14. The van der Waals surface area contributed by atoms with E-state index in [1.165, 1.54) is 29.4 Å². The Morgan fingerprint density at radius 1 is 0.851 bits per heavy atom. The van der Waals surface area contributed by atoms with E-state index in [1.54, 1.807) is 51.1 Å². The Kier molecular flexibility index (Phi) is 15.0. The molecule has 0 spiro atoms. The molecule has 2 heterocycles. The van der Waals surface area contributed by atoms with Crippen molar-refractivity contribution in [1.29, 1.82) is 0 Å². The van der Waals surface area contributed by atoms with E-state index in [4.69, 9.17) is 4.74 Å². The molecule has 360 valence electrons. The van der Waals surface area contributed by atoms with Crippen molar-refractivity contribution >= 4 is 35.4 Å². The van der Waals surface area contributed by atoms with Crippen LogP contribution in [0.15, 0.2) is 66.7 Å². The van der Waals surface area contributed by atoms with E-state index in [2.05, 4.69) is 36.7 Å². The number of benzene rings is 3. The van der Waals surface area contributed by atoms with Crippen LogP contribution in [0.2, 0.25) is 0 Å². The number of alkyl halides is 7. The van der Waals surface area contributed by atoms with Crippen molar-refractivity contribution in [3.8, 4) is 22.5 Å². The summed E-state index contributed by atoms with van der Waals surface area (Å²) in [4.78, 5) is 68.2. The van der Waals surface area contributed by atoms with Gasteiger partial charge < -0.3 is 31.3 Å². The molecular weight excluding hydrogens is 894 g/mol. The largest absolute Gasteiger partial charge is 0.460 e. The van der Waals surface area contributed by atoms with Gasteiger partial charge in [-0.3, -0.25) is 24.3 Å². The molecule has 6 N–H and O–H groups in total. The number of aromatic nitrogens is 3. The van der Waals surface area contributed by atoms with E-state index in [0.717, 1.165) is 23.1 Å². The van der Waals surface area contributed by atoms with Crippen molar-refractivity contribution < 1.29 is 59.4 Å². The summed E-state index contributed by atoms with van der Waals surface area (Å²) in [5.41, 5.74) is 2.93. The first-order valence-corrected chi connectivity index (χ1v) is 21.6. The predicted molar refractivity (Wildman–Crippen MR) is 231 cm³/mol. The first-order valence-electron chi connectivity index (χ1n) is 21.6. The highest BCUT2D eigenvalue weighted by Crippen LogP contribution is 2.51. The smallest absolute Gasteiger partial charge is 0.444 e. The van der Waals surface area contributed by atoms with Crippen LogP contribution in [-0.4, -0.2) is 87.8 Å². The molecule has 5 amide bonds. The molecule has 1 saturated carbocycles. The Morgan fingerprint density at radius 3 is 2.12 bits per heavy atom. The van der Waals surface area contributed by atoms with Crippen LogP contribution < -0.4 is 26.6 Å². The van der Waals surface area contributed by atoms with Gasteiger partial charge in [-0.2, -0.15) is 35.8 Å².